The Hall–Kier alpha value is -0.310. The van der Waals surface area contributed by atoms with Crippen LogP contribution in [0.3, 0.4) is 0 Å². The molecule has 0 bridgehead atoms. The van der Waals surface area contributed by atoms with Gasteiger partial charge in [-0.2, -0.15) is 0 Å². The van der Waals surface area contributed by atoms with E-state index in [1.807, 2.05) is 6.08 Å². The van der Waals surface area contributed by atoms with Crippen LogP contribution < -0.4 is 0 Å². The number of alkyl halides is 1. The highest BCUT2D eigenvalue weighted by atomic mass is 79.9. The summed E-state index contributed by atoms with van der Waals surface area (Å²) in [5.74, 6) is -0.709. The number of carboxylic acid groups (broad SMARTS) is 1. The molecule has 0 rings (SSSR count). The Morgan fingerprint density at radius 2 is 1.33 bits per heavy atom. The fraction of sp³-hybridized carbons (Fsp3) is 0.800. The summed E-state index contributed by atoms with van der Waals surface area (Å²) in [7, 11) is 0. The lowest BCUT2D eigenvalue weighted by molar-refractivity contribution is -0.136. The smallest absolute Gasteiger partial charge is 0.303 e. The minimum absolute atomic E-state index is 0.255. The van der Waals surface area contributed by atoms with Gasteiger partial charge in [0.15, 0.2) is 0 Å². The number of halogens is 1. The van der Waals surface area contributed by atoms with Gasteiger partial charge >= 0.3 is 5.97 Å². The van der Waals surface area contributed by atoms with Crippen LogP contribution in [-0.2, 0) is 4.79 Å². The number of rotatable bonds is 13. The van der Waals surface area contributed by atoms with Crippen LogP contribution >= 0.6 is 15.9 Å². The molecule has 0 amide bonds. The third-order valence-electron chi connectivity index (χ3n) is 2.95. The van der Waals surface area contributed by atoms with Gasteiger partial charge in [0.25, 0.3) is 0 Å². The number of hydrogen-bond acceptors (Lipinski definition) is 1. The lowest BCUT2D eigenvalue weighted by Crippen LogP contribution is -1.91. The summed E-state index contributed by atoms with van der Waals surface area (Å²) in [4.78, 5) is 10.3. The summed E-state index contributed by atoms with van der Waals surface area (Å²) in [5.41, 5.74) is 0. The maximum absolute atomic E-state index is 10.3. The Morgan fingerprint density at radius 1 is 0.833 bits per heavy atom. The van der Waals surface area contributed by atoms with Crippen molar-refractivity contribution < 1.29 is 9.90 Å². The van der Waals surface area contributed by atoms with Gasteiger partial charge in [-0.3, -0.25) is 4.79 Å². The first-order valence-electron chi connectivity index (χ1n) is 7.20. The molecule has 0 aliphatic rings. The number of unbranched alkanes of at least 4 members (excludes halogenated alkanes) is 8. The first kappa shape index (κ1) is 17.7. The zero-order valence-corrected chi connectivity index (χ0v) is 13.0. The molecule has 0 saturated carbocycles. The minimum atomic E-state index is -0.709. The fourth-order valence-electron chi connectivity index (χ4n) is 1.86. The van der Waals surface area contributed by atoms with Gasteiger partial charge in [0.1, 0.15) is 0 Å². The van der Waals surface area contributed by atoms with Crippen molar-refractivity contribution in [1.29, 1.82) is 0 Å². The number of aliphatic carboxylic acids is 1. The van der Waals surface area contributed by atoms with Gasteiger partial charge in [-0.15, -0.1) is 0 Å². The minimum Gasteiger partial charge on any atom is -0.481 e. The van der Waals surface area contributed by atoms with Crippen molar-refractivity contribution in [2.45, 2.75) is 70.6 Å². The zero-order valence-electron chi connectivity index (χ0n) is 11.4. The van der Waals surface area contributed by atoms with Crippen molar-refractivity contribution in [2.75, 3.05) is 5.33 Å². The second kappa shape index (κ2) is 14.7. The molecule has 0 unspecified atom stereocenters. The zero-order chi connectivity index (χ0) is 13.5. The largest absolute Gasteiger partial charge is 0.481 e. The molecule has 0 aromatic heterocycles. The SMILES string of the molecule is O=C(O)CC/C=C\CCCCCCCCCCBr. The van der Waals surface area contributed by atoms with E-state index in [-0.39, 0.29) is 6.42 Å². The number of carbonyl (C=O) groups is 1. The second-order valence-corrected chi connectivity index (χ2v) is 5.50. The van der Waals surface area contributed by atoms with Gasteiger partial charge < -0.3 is 5.11 Å². The van der Waals surface area contributed by atoms with Crippen molar-refractivity contribution in [1.82, 2.24) is 0 Å². The number of hydrogen-bond donors (Lipinski definition) is 1. The average Bonchev–Trinajstić information content (AvgIpc) is 2.34. The predicted octanol–water partition coefficient (Wildman–Crippen LogP) is 5.31. The van der Waals surface area contributed by atoms with Gasteiger partial charge in [-0.05, 0) is 25.7 Å². The van der Waals surface area contributed by atoms with E-state index in [1.54, 1.807) is 0 Å². The first-order chi connectivity index (χ1) is 8.77. The molecule has 0 atom stereocenters. The average molecular weight is 319 g/mol. The Balaban J connectivity index is 3.04. The molecule has 0 aliphatic heterocycles. The Kier molecular flexibility index (Phi) is 14.5. The molecule has 1 N–H and O–H groups in total. The quantitative estimate of drug-likeness (QED) is 0.284. The molecule has 0 fully saturated rings. The summed E-state index contributed by atoms with van der Waals surface area (Å²) in [6.45, 7) is 0. The molecule has 3 heteroatoms. The third kappa shape index (κ3) is 15.7. The molecule has 2 nitrogen and oxygen atoms in total. The van der Waals surface area contributed by atoms with Crippen LogP contribution in [0.25, 0.3) is 0 Å². The van der Waals surface area contributed by atoms with Crippen LogP contribution in [0.2, 0.25) is 0 Å². The monoisotopic (exact) mass is 318 g/mol. The summed E-state index contributed by atoms with van der Waals surface area (Å²) >= 11 is 3.45. The Bertz CT molecular complexity index is 215. The van der Waals surface area contributed by atoms with Crippen molar-refractivity contribution in [3.63, 3.8) is 0 Å². The highest BCUT2D eigenvalue weighted by molar-refractivity contribution is 9.09. The van der Waals surface area contributed by atoms with Crippen molar-refractivity contribution in [3.05, 3.63) is 12.2 Å². The summed E-state index contributed by atoms with van der Waals surface area (Å²) in [6.07, 6.45) is 16.8. The highest BCUT2D eigenvalue weighted by Gasteiger charge is 1.92. The summed E-state index contributed by atoms with van der Waals surface area (Å²) in [6, 6.07) is 0. The van der Waals surface area contributed by atoms with Crippen LogP contribution in [0.15, 0.2) is 12.2 Å². The molecule has 0 radical (unpaired) electrons. The van der Waals surface area contributed by atoms with E-state index >= 15 is 0 Å². The Labute approximate surface area is 120 Å². The van der Waals surface area contributed by atoms with Crippen LogP contribution in [0.1, 0.15) is 70.6 Å². The van der Waals surface area contributed by atoms with Crippen LogP contribution in [-0.4, -0.2) is 16.4 Å². The van der Waals surface area contributed by atoms with Gasteiger partial charge in [-0.1, -0.05) is 66.6 Å². The summed E-state index contributed by atoms with van der Waals surface area (Å²) in [5, 5.41) is 9.59. The molecular formula is C15H27BrO2. The van der Waals surface area contributed by atoms with Gasteiger partial charge in [0.2, 0.25) is 0 Å². The van der Waals surface area contributed by atoms with E-state index in [4.69, 9.17) is 5.11 Å². The van der Waals surface area contributed by atoms with E-state index in [9.17, 15) is 4.79 Å². The second-order valence-electron chi connectivity index (χ2n) is 4.71. The first-order valence-corrected chi connectivity index (χ1v) is 8.32. The topological polar surface area (TPSA) is 37.3 Å². The molecule has 0 aliphatic carbocycles. The van der Waals surface area contributed by atoms with E-state index in [2.05, 4.69) is 22.0 Å². The van der Waals surface area contributed by atoms with Crippen LogP contribution in [0.5, 0.6) is 0 Å². The molecular weight excluding hydrogens is 292 g/mol. The van der Waals surface area contributed by atoms with Gasteiger partial charge in [0.05, 0.1) is 0 Å². The van der Waals surface area contributed by atoms with E-state index in [0.29, 0.717) is 6.42 Å². The molecule has 0 spiro atoms. The highest BCUT2D eigenvalue weighted by Crippen LogP contribution is 2.10. The fourth-order valence-corrected chi connectivity index (χ4v) is 2.26. The molecule has 0 aromatic rings. The molecule has 0 aromatic carbocycles. The molecule has 18 heavy (non-hydrogen) atoms. The Morgan fingerprint density at radius 3 is 1.89 bits per heavy atom. The number of carboxylic acids is 1. The lowest BCUT2D eigenvalue weighted by Gasteiger charge is -2.00. The van der Waals surface area contributed by atoms with Crippen LogP contribution in [0.4, 0.5) is 0 Å². The van der Waals surface area contributed by atoms with Crippen molar-refractivity contribution in [3.8, 4) is 0 Å². The summed E-state index contributed by atoms with van der Waals surface area (Å²) < 4.78 is 0. The van der Waals surface area contributed by atoms with Gasteiger partial charge in [-0.25, -0.2) is 0 Å². The molecule has 0 saturated heterocycles. The molecule has 106 valence electrons. The molecule has 0 heterocycles. The lowest BCUT2D eigenvalue weighted by atomic mass is 10.1. The van der Waals surface area contributed by atoms with E-state index in [1.165, 1.54) is 51.4 Å². The predicted molar refractivity (Wildman–Crippen MR) is 81.4 cm³/mol. The normalized spacial score (nSPS) is 11.2. The maximum Gasteiger partial charge on any atom is 0.303 e. The van der Waals surface area contributed by atoms with Crippen LogP contribution in [0, 0.1) is 0 Å². The van der Waals surface area contributed by atoms with Gasteiger partial charge in [0, 0.05) is 11.8 Å². The third-order valence-corrected chi connectivity index (χ3v) is 3.51. The van der Waals surface area contributed by atoms with E-state index < -0.39 is 5.97 Å². The van der Waals surface area contributed by atoms with Crippen molar-refractivity contribution in [2.24, 2.45) is 0 Å². The van der Waals surface area contributed by atoms with E-state index in [0.717, 1.165) is 11.8 Å². The number of allylic oxidation sites excluding steroid dienone is 2. The standard InChI is InChI=1S/C15H27BrO2/c16-14-12-10-8-6-4-2-1-3-5-7-9-11-13-15(17)18/h7,9H,1-6,8,10-14H2,(H,17,18)/b9-7-. The van der Waals surface area contributed by atoms with Crippen molar-refractivity contribution >= 4 is 21.9 Å². The maximum atomic E-state index is 10.3.